The van der Waals surface area contributed by atoms with Gasteiger partial charge in [0.25, 0.3) is 0 Å². The maximum Gasteiger partial charge on any atom is 0.407 e. The summed E-state index contributed by atoms with van der Waals surface area (Å²) in [6.45, 7) is 0.0765. The molecule has 68 heavy (non-hydrogen) atoms. The van der Waals surface area contributed by atoms with E-state index in [0.29, 0.717) is 42.7 Å². The first kappa shape index (κ1) is 48.2. The first-order chi connectivity index (χ1) is 33.0. The van der Waals surface area contributed by atoms with Crippen molar-refractivity contribution in [3.8, 4) is 22.6 Å². The second-order valence-corrected chi connectivity index (χ2v) is 16.9. The first-order valence-corrected chi connectivity index (χ1v) is 22.7. The number of aromatic hydroxyl groups is 1. The number of ether oxygens (including phenoxy) is 2. The average molecular weight is 925 g/mol. The Bertz CT molecular complexity index is 2510. The van der Waals surface area contributed by atoms with Crippen molar-refractivity contribution in [2.24, 2.45) is 5.73 Å². The largest absolute Gasteiger partial charge is 0.508 e. The molecule has 5 aromatic rings. The number of carboxylic acid groups (broad SMARTS) is 1. The standard InChI is InChI=1S/C52H56N6O10/c53-26-8-16-43(55-49(63)44(28-33-18-22-36(59)23-19-33)57-52(66)68-32-42-40-14-6-4-12-38(40)39-13-5-7-15-41(39)42)48(62)56-45(51(65)58-27-9-17-46(58)50(64)54-30-47(60)61)29-34-20-24-37(25-21-34)67-31-35-10-2-1-3-11-35/h1-7,10-15,18-25,42-46,59H,8-9,16-17,26-32,53H2,(H,54,64)(H,55,63)(H,56,62)(H,57,66)(H,60,61)/t43-,44+,45+,46+/m1/s1. The van der Waals surface area contributed by atoms with Gasteiger partial charge < -0.3 is 51.6 Å². The van der Waals surface area contributed by atoms with Gasteiger partial charge in [0, 0.05) is 25.3 Å². The molecule has 0 radical (unpaired) electrons. The molecule has 354 valence electrons. The van der Waals surface area contributed by atoms with Gasteiger partial charge in [0.2, 0.25) is 23.6 Å². The number of nitrogens with two attached hydrogens (primary N) is 1. The molecular weight excluding hydrogens is 869 g/mol. The predicted octanol–water partition coefficient (Wildman–Crippen LogP) is 4.56. The maximum atomic E-state index is 14.5. The molecule has 16 heteroatoms. The van der Waals surface area contributed by atoms with Crippen molar-refractivity contribution in [2.75, 3.05) is 26.2 Å². The van der Waals surface area contributed by atoms with Gasteiger partial charge in [-0.25, -0.2) is 4.79 Å². The van der Waals surface area contributed by atoms with Crippen LogP contribution in [-0.4, -0.2) is 101 Å². The number of nitrogens with zero attached hydrogens (tertiary/aromatic N) is 1. The minimum atomic E-state index is -1.25. The lowest BCUT2D eigenvalue weighted by Gasteiger charge is -2.30. The van der Waals surface area contributed by atoms with Crippen LogP contribution in [0.3, 0.4) is 0 Å². The number of likely N-dealkylation sites (tertiary alicyclic amines) is 1. The number of aliphatic carboxylic acids is 1. The van der Waals surface area contributed by atoms with Crippen LogP contribution in [0.25, 0.3) is 11.1 Å². The van der Waals surface area contributed by atoms with Crippen LogP contribution >= 0.6 is 0 Å². The molecule has 1 heterocycles. The Hall–Kier alpha value is -7.72. The third kappa shape index (κ3) is 12.6. The highest BCUT2D eigenvalue weighted by molar-refractivity contribution is 5.96. The Morgan fingerprint density at radius 3 is 1.93 bits per heavy atom. The first-order valence-electron chi connectivity index (χ1n) is 22.7. The van der Waals surface area contributed by atoms with E-state index in [0.717, 1.165) is 27.8 Å². The van der Waals surface area contributed by atoms with Gasteiger partial charge in [-0.05, 0) is 95.4 Å². The third-order valence-electron chi connectivity index (χ3n) is 12.1. The van der Waals surface area contributed by atoms with Crippen LogP contribution in [0.2, 0.25) is 0 Å². The van der Waals surface area contributed by atoms with Gasteiger partial charge in [-0.3, -0.25) is 24.0 Å². The van der Waals surface area contributed by atoms with Crippen molar-refractivity contribution in [1.82, 2.24) is 26.2 Å². The number of amides is 5. The average Bonchev–Trinajstić information content (AvgIpc) is 3.97. The lowest BCUT2D eigenvalue weighted by Crippen LogP contribution is -2.59. The number of rotatable bonds is 21. The fourth-order valence-corrected chi connectivity index (χ4v) is 8.68. The van der Waals surface area contributed by atoms with E-state index in [1.165, 1.54) is 17.0 Å². The summed E-state index contributed by atoms with van der Waals surface area (Å²) >= 11 is 0. The van der Waals surface area contributed by atoms with E-state index >= 15 is 0 Å². The smallest absolute Gasteiger partial charge is 0.407 e. The minimum Gasteiger partial charge on any atom is -0.508 e. The van der Waals surface area contributed by atoms with Gasteiger partial charge in [0.05, 0.1) is 0 Å². The quantitative estimate of drug-likeness (QED) is 0.0539. The number of phenolic OH excluding ortho intramolecular Hbond substituents is 1. The van der Waals surface area contributed by atoms with Gasteiger partial charge >= 0.3 is 12.1 Å². The van der Waals surface area contributed by atoms with Gasteiger partial charge in [-0.1, -0.05) is 103 Å². The van der Waals surface area contributed by atoms with Crippen molar-refractivity contribution in [1.29, 1.82) is 0 Å². The number of alkyl carbamates (subject to hydrolysis) is 1. The molecule has 1 fully saturated rings. The molecule has 1 aliphatic heterocycles. The van der Waals surface area contributed by atoms with Crippen LogP contribution in [0.15, 0.2) is 127 Å². The Kier molecular flexibility index (Phi) is 16.4. The molecule has 1 saturated heterocycles. The molecule has 4 atom stereocenters. The minimum absolute atomic E-state index is 0.00608. The summed E-state index contributed by atoms with van der Waals surface area (Å²) in [5.74, 6) is -3.50. The second-order valence-electron chi connectivity index (χ2n) is 16.9. The Balaban J connectivity index is 1.08. The summed E-state index contributed by atoms with van der Waals surface area (Å²) in [5.41, 5.74) is 12.3. The molecule has 5 amide bonds. The highest BCUT2D eigenvalue weighted by Crippen LogP contribution is 2.44. The fraction of sp³-hybridized carbons (Fsp3) is 0.308. The number of hydrogen-bond acceptors (Lipinski definition) is 10. The van der Waals surface area contributed by atoms with E-state index < -0.39 is 66.4 Å². The summed E-state index contributed by atoms with van der Waals surface area (Å²) in [6, 6.07) is 33.9. The Morgan fingerprint density at radius 2 is 1.28 bits per heavy atom. The van der Waals surface area contributed by atoms with Crippen LogP contribution < -0.4 is 31.7 Å². The summed E-state index contributed by atoms with van der Waals surface area (Å²) in [7, 11) is 0. The molecule has 0 bridgehead atoms. The number of nitrogens with one attached hydrogen (secondary N) is 4. The molecule has 2 aliphatic rings. The van der Waals surface area contributed by atoms with Crippen molar-refractivity contribution < 1.29 is 48.5 Å². The number of carboxylic acids is 1. The zero-order valence-corrected chi connectivity index (χ0v) is 37.5. The third-order valence-corrected chi connectivity index (χ3v) is 12.1. The topological polar surface area (TPSA) is 239 Å². The highest BCUT2D eigenvalue weighted by Gasteiger charge is 2.39. The molecule has 0 unspecified atom stereocenters. The van der Waals surface area contributed by atoms with E-state index in [-0.39, 0.29) is 50.6 Å². The zero-order valence-electron chi connectivity index (χ0n) is 37.5. The molecule has 0 saturated carbocycles. The molecule has 0 spiro atoms. The molecule has 1 aliphatic carbocycles. The zero-order chi connectivity index (χ0) is 48.0. The number of phenols is 1. The molecule has 0 aromatic heterocycles. The molecular formula is C52H56N6O10. The van der Waals surface area contributed by atoms with E-state index in [1.807, 2.05) is 78.9 Å². The van der Waals surface area contributed by atoms with Crippen molar-refractivity contribution >= 4 is 35.7 Å². The summed E-state index contributed by atoms with van der Waals surface area (Å²) in [6.07, 6.45) is 0.245. The van der Waals surface area contributed by atoms with Crippen molar-refractivity contribution in [3.05, 3.63) is 155 Å². The van der Waals surface area contributed by atoms with Gasteiger partial charge in [-0.2, -0.15) is 0 Å². The van der Waals surface area contributed by atoms with Crippen molar-refractivity contribution in [3.63, 3.8) is 0 Å². The second kappa shape index (κ2) is 23.1. The van der Waals surface area contributed by atoms with Crippen LogP contribution in [0.1, 0.15) is 59.4 Å². The van der Waals surface area contributed by atoms with E-state index in [4.69, 9.17) is 15.2 Å². The van der Waals surface area contributed by atoms with Crippen LogP contribution in [-0.2, 0) is 48.2 Å². The lowest BCUT2D eigenvalue weighted by atomic mass is 9.98. The molecule has 8 N–H and O–H groups in total. The fourth-order valence-electron chi connectivity index (χ4n) is 8.68. The molecule has 5 aromatic carbocycles. The monoisotopic (exact) mass is 924 g/mol. The number of fused-ring (bicyclic) bond motifs is 3. The van der Waals surface area contributed by atoms with Crippen LogP contribution in [0.5, 0.6) is 11.5 Å². The van der Waals surface area contributed by atoms with Gasteiger partial charge in [0.1, 0.15) is 55.4 Å². The molecule has 16 nitrogen and oxygen atoms in total. The molecule has 7 rings (SSSR count). The van der Waals surface area contributed by atoms with E-state index in [9.17, 15) is 39.0 Å². The summed E-state index contributed by atoms with van der Waals surface area (Å²) in [5, 5.41) is 29.8. The lowest BCUT2D eigenvalue weighted by molar-refractivity contribution is -0.143. The van der Waals surface area contributed by atoms with Crippen molar-refractivity contribution in [2.45, 2.75) is 75.2 Å². The normalized spacial score (nSPS) is 15.2. The number of carbonyl (C=O) groups excluding carboxylic acids is 5. The van der Waals surface area contributed by atoms with Crippen LogP contribution in [0, 0.1) is 0 Å². The number of benzene rings is 5. The summed E-state index contributed by atoms with van der Waals surface area (Å²) in [4.78, 5) is 82.6. The van der Waals surface area contributed by atoms with E-state index in [2.05, 4.69) is 21.3 Å². The maximum absolute atomic E-state index is 14.5. The van der Waals surface area contributed by atoms with Crippen LogP contribution in [0.4, 0.5) is 4.79 Å². The highest BCUT2D eigenvalue weighted by atomic mass is 16.5. The van der Waals surface area contributed by atoms with Gasteiger partial charge in [0.15, 0.2) is 0 Å². The predicted molar refractivity (Wildman–Crippen MR) is 252 cm³/mol. The Morgan fingerprint density at radius 1 is 0.691 bits per heavy atom. The Labute approximate surface area is 394 Å². The number of hydrogen-bond donors (Lipinski definition) is 7. The SMILES string of the molecule is NCCC[C@@H](NC(=O)[C@H](Cc1ccc(O)cc1)NC(=O)OCC1c2ccccc2-c2ccccc21)C(=O)N[C@@H](Cc1ccc(OCc2ccccc2)cc1)C(=O)N1CCC[C@H]1C(=O)NCC(=O)O. The number of carbonyl (C=O) groups is 6. The van der Waals surface area contributed by atoms with Gasteiger partial charge in [-0.15, -0.1) is 0 Å². The summed E-state index contributed by atoms with van der Waals surface area (Å²) < 4.78 is 11.8. The van der Waals surface area contributed by atoms with E-state index in [1.54, 1.807) is 36.4 Å².